The highest BCUT2D eigenvalue weighted by Crippen LogP contribution is 2.33. The van der Waals surface area contributed by atoms with E-state index in [9.17, 15) is 90.4 Å². The number of guanidine groups is 2. The summed E-state index contributed by atoms with van der Waals surface area (Å²) in [5.41, 5.74) is 0.689. The van der Waals surface area contributed by atoms with E-state index in [1.165, 1.54) is 24.3 Å². The number of ether oxygens (including phenoxy) is 6. The van der Waals surface area contributed by atoms with E-state index in [-0.39, 0.29) is 36.2 Å². The van der Waals surface area contributed by atoms with Gasteiger partial charge in [0.1, 0.15) is 115 Å². The molecule has 10 unspecified atom stereocenters. The molecule has 8 rings (SSSR count). The van der Waals surface area contributed by atoms with E-state index in [4.69, 9.17) is 39.2 Å². The van der Waals surface area contributed by atoms with Gasteiger partial charge in [-0.2, -0.15) is 0 Å². The highest BCUT2D eigenvalue weighted by atomic mass is 16.7. The fourth-order valence-corrected chi connectivity index (χ4v) is 11.9. The lowest BCUT2D eigenvalue weighted by Gasteiger charge is -2.46. The molecule has 0 bridgehead atoms. The molecule has 0 spiro atoms. The fraction of sp³-hybridized carbons (Fsp3) is 0.644. The molecule has 6 heterocycles. The van der Waals surface area contributed by atoms with E-state index in [0.717, 1.165) is 4.90 Å². The zero-order valence-electron chi connectivity index (χ0n) is 52.6. The molecule has 0 radical (unpaired) electrons. The molecular formula is C59H86N12O26. The number of benzene rings is 2. The minimum atomic E-state index is -2.37. The number of carbonyl (C=O) groups is 7. The number of aliphatic hydroxyl groups excluding tert-OH is 13. The third-order valence-corrected chi connectivity index (χ3v) is 17.4. The van der Waals surface area contributed by atoms with Gasteiger partial charge in [0.25, 0.3) is 0 Å². The van der Waals surface area contributed by atoms with E-state index >= 15 is 9.59 Å². The first kappa shape index (κ1) is 75.2. The van der Waals surface area contributed by atoms with Gasteiger partial charge in [0.15, 0.2) is 30.5 Å². The van der Waals surface area contributed by atoms with Crippen LogP contribution in [0.3, 0.4) is 0 Å². The first-order valence-electron chi connectivity index (χ1n) is 31.3. The molecular weight excluding hydrogens is 1290 g/mol. The van der Waals surface area contributed by atoms with Gasteiger partial charge in [0.2, 0.25) is 41.7 Å². The van der Waals surface area contributed by atoms with Crippen molar-refractivity contribution in [2.75, 3.05) is 46.1 Å². The van der Waals surface area contributed by atoms with Crippen molar-refractivity contribution in [2.24, 2.45) is 5.92 Å². The summed E-state index contributed by atoms with van der Waals surface area (Å²) in [5.74, 6) is -10.3. The number of carbonyl (C=O) groups excluding carboxylic acids is 7. The molecule has 0 aromatic heterocycles. The molecule has 0 aliphatic carbocycles. The summed E-state index contributed by atoms with van der Waals surface area (Å²) in [6, 6.07) is 0.644. The van der Waals surface area contributed by atoms with Crippen molar-refractivity contribution in [3.05, 3.63) is 65.7 Å². The van der Waals surface area contributed by atoms with Gasteiger partial charge in [-0.25, -0.2) is 0 Å². The van der Waals surface area contributed by atoms with Gasteiger partial charge < -0.3 is 148 Å². The third-order valence-electron chi connectivity index (χ3n) is 17.4. The second-order valence-corrected chi connectivity index (χ2v) is 24.7. The van der Waals surface area contributed by atoms with E-state index < -0.39 is 246 Å². The second-order valence-electron chi connectivity index (χ2n) is 24.7. The van der Waals surface area contributed by atoms with Gasteiger partial charge in [-0.3, -0.25) is 44.4 Å². The maximum atomic E-state index is 15.2. The van der Waals surface area contributed by atoms with Crippen molar-refractivity contribution in [1.29, 1.82) is 10.8 Å². The van der Waals surface area contributed by atoms with Crippen LogP contribution in [0.5, 0.6) is 5.75 Å². The molecule has 538 valence electrons. The lowest BCUT2D eigenvalue weighted by atomic mass is 9.92. The van der Waals surface area contributed by atoms with Gasteiger partial charge in [-0.1, -0.05) is 63.2 Å². The first-order valence-corrected chi connectivity index (χ1v) is 31.3. The van der Waals surface area contributed by atoms with E-state index in [1.807, 2.05) is 0 Å². The molecule has 6 fully saturated rings. The Morgan fingerprint density at radius 2 is 1.16 bits per heavy atom. The van der Waals surface area contributed by atoms with Crippen molar-refractivity contribution in [2.45, 2.75) is 186 Å². The summed E-state index contributed by atoms with van der Waals surface area (Å²) < 4.78 is 34.1. The Morgan fingerprint density at radius 3 is 1.79 bits per heavy atom. The minimum Gasteiger partial charge on any atom is -0.462 e. The molecule has 2 aromatic carbocycles. The van der Waals surface area contributed by atoms with Gasteiger partial charge in [0.05, 0.1) is 45.1 Å². The van der Waals surface area contributed by atoms with Gasteiger partial charge >= 0.3 is 5.97 Å². The Hall–Kier alpha value is -7.61. The molecule has 24 N–H and O–H groups in total. The van der Waals surface area contributed by atoms with Crippen molar-refractivity contribution >= 4 is 53.3 Å². The predicted molar refractivity (Wildman–Crippen MR) is 325 cm³/mol. The summed E-state index contributed by atoms with van der Waals surface area (Å²) in [6.45, 7) is -0.469. The summed E-state index contributed by atoms with van der Waals surface area (Å²) >= 11 is 0. The Morgan fingerprint density at radius 1 is 0.577 bits per heavy atom. The molecule has 97 heavy (non-hydrogen) atoms. The molecule has 38 nitrogen and oxygen atoms in total. The number of amides is 6. The molecule has 6 aliphatic rings. The van der Waals surface area contributed by atoms with Crippen molar-refractivity contribution in [1.82, 2.24) is 52.8 Å². The largest absolute Gasteiger partial charge is 0.462 e. The van der Waals surface area contributed by atoms with E-state index in [0.29, 0.717) is 5.56 Å². The third kappa shape index (κ3) is 17.6. The van der Waals surface area contributed by atoms with Crippen LogP contribution in [0.1, 0.15) is 44.2 Å². The maximum absolute atomic E-state index is 15.2. The smallest absolute Gasteiger partial charge is 0.306 e. The standard InChI is InChI=1S/C59H86N12O26/c1-22(2)13-35(77)96-48-32(20-74)95-57(47(86)43(48)82)97-49-33(21-75)94-56(46(85)44(49)83)92-26-11-9-24(10-12-26)14-27-51(88)69-37(39(78)28-15-63-58(60)67-28)54(91)70-38(40(79)30-16-64-59(61)71(30)55-45(84)42(81)41(80)31(19-73)93-55)53(90)66-29(18-72)50(87)62-17-34(76)68-36(52(89)65-27)23(3)25-7-5-4-6-8-25/h4-12,22-23,27-33,36-49,55-57,72-75,78-86H,13-21H2,1-3H3,(H2,61,64)(H,62,87)(H,65,89)(H,66,90)(H,68,76)(H,69,88)(H,70,91)(H3,60,63,67)/t23?,27?,28?,29?,30?,31-,32-,33-,36?,37?,38?,39?,40?,41-,42+,43-,44-,45+,46+,47+,48-,49-,55+,56+,57-/m1/s1. The average molecular weight is 1380 g/mol. The SMILES string of the molecule is CC(C)CC(=O)O[C@H]1[C@H](O)[C@H](O)[C@@H](O[C@H]2[C@H](O)[C@H](O)[C@@H](Oc3ccc(CC4NC(=O)C(C(C)c5ccccc5)NC(=O)CNC(=O)C(CO)NC(=O)C(C(O)C5CNC(=N)N5[C@H]5O[C@H](CO)[C@@H](O)[C@H](O)[C@@H]5O)NC(=O)C(C(O)C5CNC(=N)N5)NC4=O)cc3)O[C@@H]2CO)O[C@@H]1CO. The molecule has 2 aromatic rings. The van der Waals surface area contributed by atoms with Crippen LogP contribution in [0.25, 0.3) is 0 Å². The minimum absolute atomic E-state index is 0.0615. The van der Waals surface area contributed by atoms with Crippen LogP contribution in [0, 0.1) is 16.7 Å². The van der Waals surface area contributed by atoms with Gasteiger partial charge in [-0.05, 0) is 29.2 Å². The topological polar surface area (TPSA) is 597 Å². The molecule has 6 amide bonds. The highest BCUT2D eigenvalue weighted by molar-refractivity contribution is 5.98. The lowest BCUT2D eigenvalue weighted by Crippen LogP contribution is -2.69. The Balaban J connectivity index is 1.08. The van der Waals surface area contributed by atoms with E-state index in [2.05, 4.69) is 47.9 Å². The number of hydrogen-bond acceptors (Lipinski definition) is 28. The number of nitrogens with zero attached hydrogens (tertiary/aromatic N) is 1. The zero-order valence-corrected chi connectivity index (χ0v) is 52.6. The van der Waals surface area contributed by atoms with Crippen LogP contribution < -0.4 is 52.6 Å². The van der Waals surface area contributed by atoms with Crippen molar-refractivity contribution in [3.63, 3.8) is 0 Å². The summed E-state index contributed by atoms with van der Waals surface area (Å²) in [7, 11) is 0. The summed E-state index contributed by atoms with van der Waals surface area (Å²) in [6.07, 6.45) is -32.0. The first-order chi connectivity index (χ1) is 46.1. The van der Waals surface area contributed by atoms with Crippen molar-refractivity contribution < 1.29 is 128 Å². The van der Waals surface area contributed by atoms with Gasteiger partial charge in [0, 0.05) is 31.8 Å². The average Bonchev–Trinajstić information content (AvgIpc) is 1.74. The predicted octanol–water partition coefficient (Wildman–Crippen LogP) is -11.6. The Kier molecular flexibility index (Phi) is 25.8. The molecule has 6 saturated heterocycles. The van der Waals surface area contributed by atoms with Gasteiger partial charge in [-0.15, -0.1) is 0 Å². The quantitative estimate of drug-likeness (QED) is 0.0547. The summed E-state index contributed by atoms with van der Waals surface area (Å²) in [4.78, 5) is 101. The molecule has 38 heteroatoms. The Bertz CT molecular complexity index is 3070. The number of hydrogen-bond donors (Lipinski definition) is 24. The second kappa shape index (κ2) is 33.3. The van der Waals surface area contributed by atoms with Crippen LogP contribution >= 0.6 is 0 Å². The van der Waals surface area contributed by atoms with Crippen LogP contribution in [0.15, 0.2) is 54.6 Å². The van der Waals surface area contributed by atoms with Crippen LogP contribution in [-0.4, -0.2) is 317 Å². The molecule has 6 aliphatic heterocycles. The number of rotatable bonds is 20. The molecule has 0 saturated carbocycles. The number of nitrogens with one attached hydrogen (secondary N) is 11. The van der Waals surface area contributed by atoms with Crippen LogP contribution in [-0.2, 0) is 63.7 Å². The fourth-order valence-electron chi connectivity index (χ4n) is 11.9. The van der Waals surface area contributed by atoms with Crippen LogP contribution in [0.4, 0.5) is 0 Å². The van der Waals surface area contributed by atoms with Crippen molar-refractivity contribution in [3.8, 4) is 5.75 Å². The normalized spacial score (nSPS) is 35.9. The maximum Gasteiger partial charge on any atom is 0.306 e. The zero-order chi connectivity index (χ0) is 70.9. The lowest BCUT2D eigenvalue weighted by molar-refractivity contribution is -0.353. The number of esters is 1. The highest BCUT2D eigenvalue weighted by Gasteiger charge is 2.55. The summed E-state index contributed by atoms with van der Waals surface area (Å²) in [5, 5.41) is 181. The monoisotopic (exact) mass is 1380 g/mol. The van der Waals surface area contributed by atoms with Crippen LogP contribution in [0.2, 0.25) is 0 Å². The number of aliphatic hydroxyl groups is 13. The Labute approximate surface area is 553 Å². The van der Waals surface area contributed by atoms with E-state index in [1.54, 1.807) is 51.1 Å². The molecule has 25 atom stereocenters.